The summed E-state index contributed by atoms with van der Waals surface area (Å²) in [4.78, 5) is 23.8. The molecular weight excluding hydrogens is 399 g/mol. The average Bonchev–Trinajstić information content (AvgIpc) is 2.94. The van der Waals surface area contributed by atoms with Gasteiger partial charge >= 0.3 is 5.97 Å². The zero-order valence-corrected chi connectivity index (χ0v) is 14.9. The van der Waals surface area contributed by atoms with Crippen LogP contribution < -0.4 is 9.75 Å². The number of hydrogen-bond donors (Lipinski definition) is 0. The Morgan fingerprint density at radius 2 is 1.55 bits per heavy atom. The van der Waals surface area contributed by atoms with Gasteiger partial charge in [-0.25, -0.2) is 22.0 Å². The van der Waals surface area contributed by atoms with Gasteiger partial charge in [0.1, 0.15) is 11.4 Å². The third-order valence-electron chi connectivity index (χ3n) is 3.93. The Balaban J connectivity index is 2.09. The molecule has 1 heterocycles. The van der Waals surface area contributed by atoms with Crippen molar-refractivity contribution in [1.82, 2.24) is 0 Å². The van der Waals surface area contributed by atoms with Gasteiger partial charge in [0.15, 0.2) is 23.3 Å². The molecule has 150 valence electrons. The monoisotopic (exact) mass is 410 g/mol. The Hall–Kier alpha value is -3.56. The minimum Gasteiger partial charge on any atom is -0.426 e. The summed E-state index contributed by atoms with van der Waals surface area (Å²) in [7, 11) is 0. The fourth-order valence-electron chi connectivity index (χ4n) is 2.62. The molecule has 0 N–H and O–H groups in total. The number of carbonyl (C=O) groups excluding carboxylic acids is 2. The fraction of sp³-hybridized carbons (Fsp3) is 0.105. The molecule has 0 fully saturated rings. The first kappa shape index (κ1) is 20.2. The number of halogens is 5. The van der Waals surface area contributed by atoms with Crippen molar-refractivity contribution in [3.63, 3.8) is 0 Å². The number of hydrazone groups is 1. The normalized spacial score (nSPS) is 15.1. The van der Waals surface area contributed by atoms with Crippen LogP contribution >= 0.6 is 0 Å². The van der Waals surface area contributed by atoms with E-state index in [0.717, 1.165) is 0 Å². The molecule has 2 aromatic rings. The first-order valence-electron chi connectivity index (χ1n) is 8.04. The van der Waals surface area contributed by atoms with Crippen molar-refractivity contribution in [2.24, 2.45) is 5.10 Å². The van der Waals surface area contributed by atoms with Gasteiger partial charge in [-0.15, -0.1) is 0 Å². The Bertz CT molecular complexity index is 1080. The number of para-hydroxylation sites is 1. The van der Waals surface area contributed by atoms with Gasteiger partial charge < -0.3 is 4.74 Å². The van der Waals surface area contributed by atoms with Crippen LogP contribution in [0.3, 0.4) is 0 Å². The van der Waals surface area contributed by atoms with Crippen molar-refractivity contribution in [1.29, 1.82) is 0 Å². The van der Waals surface area contributed by atoms with E-state index in [9.17, 15) is 31.5 Å². The molecule has 0 radical (unpaired) electrons. The number of hydrogen-bond acceptors (Lipinski definition) is 4. The highest BCUT2D eigenvalue weighted by Gasteiger charge is 2.37. The number of rotatable bonds is 3. The van der Waals surface area contributed by atoms with Crippen LogP contribution in [0.15, 0.2) is 34.9 Å². The number of esters is 1. The second kappa shape index (κ2) is 7.46. The van der Waals surface area contributed by atoms with Gasteiger partial charge in [-0.2, -0.15) is 10.1 Å². The van der Waals surface area contributed by atoms with E-state index in [1.54, 1.807) is 12.1 Å². The Kier molecular flexibility index (Phi) is 5.19. The van der Waals surface area contributed by atoms with Crippen LogP contribution in [-0.2, 0) is 9.59 Å². The van der Waals surface area contributed by atoms with Crippen molar-refractivity contribution in [3.8, 4) is 5.75 Å². The lowest BCUT2D eigenvalue weighted by Gasteiger charge is -2.15. The predicted octanol–water partition coefficient (Wildman–Crippen LogP) is 4.11. The first-order valence-corrected chi connectivity index (χ1v) is 8.04. The highest BCUT2D eigenvalue weighted by molar-refractivity contribution is 6.32. The summed E-state index contributed by atoms with van der Waals surface area (Å²) in [5, 5.41) is 3.73. The van der Waals surface area contributed by atoms with Crippen LogP contribution in [0.1, 0.15) is 19.4 Å². The van der Waals surface area contributed by atoms with Crippen LogP contribution in [0.25, 0.3) is 6.08 Å². The Morgan fingerprint density at radius 1 is 1.00 bits per heavy atom. The van der Waals surface area contributed by atoms with E-state index < -0.39 is 46.6 Å². The smallest absolute Gasteiger partial charge is 0.308 e. The Morgan fingerprint density at radius 3 is 2.14 bits per heavy atom. The van der Waals surface area contributed by atoms with E-state index in [2.05, 4.69) is 5.10 Å². The lowest BCUT2D eigenvalue weighted by molar-refractivity contribution is -0.131. The summed E-state index contributed by atoms with van der Waals surface area (Å²) in [6.07, 6.45) is 1.23. The topological polar surface area (TPSA) is 59.0 Å². The van der Waals surface area contributed by atoms with Crippen LogP contribution in [0, 0.1) is 29.1 Å². The van der Waals surface area contributed by atoms with E-state index >= 15 is 0 Å². The van der Waals surface area contributed by atoms with Crippen molar-refractivity contribution in [2.75, 3.05) is 5.01 Å². The number of amides is 1. The quantitative estimate of drug-likeness (QED) is 0.191. The average molecular weight is 410 g/mol. The minimum atomic E-state index is -2.35. The molecule has 3 rings (SSSR count). The molecule has 0 aromatic heterocycles. The summed E-state index contributed by atoms with van der Waals surface area (Å²) in [6, 6.07) is 6.08. The molecule has 10 heteroatoms. The highest BCUT2D eigenvalue weighted by atomic mass is 19.2. The third-order valence-corrected chi connectivity index (χ3v) is 3.93. The molecule has 1 aliphatic heterocycles. The zero-order chi connectivity index (χ0) is 21.5. The summed E-state index contributed by atoms with van der Waals surface area (Å²) >= 11 is 0. The number of ether oxygens (including phenoxy) is 1. The third kappa shape index (κ3) is 3.48. The van der Waals surface area contributed by atoms with Gasteiger partial charge in [-0.3, -0.25) is 9.59 Å². The fourth-order valence-corrected chi connectivity index (χ4v) is 2.62. The Labute approximate surface area is 160 Å². The van der Waals surface area contributed by atoms with E-state index in [4.69, 9.17) is 4.74 Å². The predicted molar refractivity (Wildman–Crippen MR) is 92.6 cm³/mol. The lowest BCUT2D eigenvalue weighted by Crippen LogP contribution is -2.25. The molecule has 2 aromatic carbocycles. The number of benzene rings is 2. The molecule has 5 nitrogen and oxygen atoms in total. The number of nitrogens with zero attached hydrogens (tertiary/aromatic N) is 2. The molecule has 0 saturated carbocycles. The molecule has 0 bridgehead atoms. The number of anilines is 1. The van der Waals surface area contributed by atoms with Gasteiger partial charge in [0, 0.05) is 12.5 Å². The molecule has 1 aliphatic rings. The number of carbonyl (C=O) groups is 2. The van der Waals surface area contributed by atoms with E-state index in [0.29, 0.717) is 0 Å². The second-order valence-electron chi connectivity index (χ2n) is 5.91. The maximum absolute atomic E-state index is 14.1. The largest absolute Gasteiger partial charge is 0.426 e. The van der Waals surface area contributed by atoms with Crippen molar-refractivity contribution >= 4 is 29.4 Å². The first-order chi connectivity index (χ1) is 13.6. The van der Waals surface area contributed by atoms with Crippen LogP contribution in [0.2, 0.25) is 0 Å². The van der Waals surface area contributed by atoms with E-state index in [1.165, 1.54) is 32.1 Å². The molecule has 29 heavy (non-hydrogen) atoms. The SMILES string of the molecule is CC(=O)Oc1ccccc1/C=C1\C(=O)N(c2c(F)c(F)c(F)c(F)c2F)N=C1C. The second-order valence-corrected chi connectivity index (χ2v) is 5.91. The maximum Gasteiger partial charge on any atom is 0.308 e. The lowest BCUT2D eigenvalue weighted by atomic mass is 10.1. The van der Waals surface area contributed by atoms with Gasteiger partial charge in [0.05, 0.1) is 11.3 Å². The minimum absolute atomic E-state index is 0.0448. The van der Waals surface area contributed by atoms with Crippen LogP contribution in [0.4, 0.5) is 27.6 Å². The molecule has 0 atom stereocenters. The van der Waals surface area contributed by atoms with E-state index in [1.807, 2.05) is 0 Å². The van der Waals surface area contributed by atoms with Gasteiger partial charge in [-0.1, -0.05) is 18.2 Å². The van der Waals surface area contributed by atoms with Crippen molar-refractivity contribution in [3.05, 3.63) is 64.5 Å². The molecule has 0 spiro atoms. The van der Waals surface area contributed by atoms with E-state index in [-0.39, 0.29) is 27.6 Å². The molecule has 0 saturated heterocycles. The summed E-state index contributed by atoms with van der Waals surface area (Å²) in [5.41, 5.74) is -1.45. The summed E-state index contributed by atoms with van der Waals surface area (Å²) in [6.45, 7) is 2.48. The molecule has 0 aliphatic carbocycles. The maximum atomic E-state index is 14.1. The van der Waals surface area contributed by atoms with Gasteiger partial charge in [-0.05, 0) is 19.1 Å². The van der Waals surface area contributed by atoms with Crippen molar-refractivity contribution in [2.45, 2.75) is 13.8 Å². The zero-order valence-electron chi connectivity index (χ0n) is 14.9. The van der Waals surface area contributed by atoms with Gasteiger partial charge in [0.2, 0.25) is 5.82 Å². The van der Waals surface area contributed by atoms with Gasteiger partial charge in [0.25, 0.3) is 5.91 Å². The van der Waals surface area contributed by atoms with Crippen molar-refractivity contribution < 1.29 is 36.3 Å². The van der Waals surface area contributed by atoms with Crippen LogP contribution in [0.5, 0.6) is 5.75 Å². The summed E-state index contributed by atoms with van der Waals surface area (Å²) < 4.78 is 73.3. The standard InChI is InChI=1S/C19H11F5N2O3/c1-8-11(7-10-5-3-4-6-12(10)29-9(2)27)19(28)26(25-8)18-16(23)14(21)13(20)15(22)17(18)24/h3-7H,1-2H3/b11-7-. The molecular formula is C19H11F5N2O3. The van der Waals surface area contributed by atoms with Crippen LogP contribution in [-0.4, -0.2) is 17.6 Å². The molecule has 1 amide bonds. The summed E-state index contributed by atoms with van der Waals surface area (Å²) in [5.74, 6) is -12.8. The highest BCUT2D eigenvalue weighted by Crippen LogP contribution is 2.34. The molecule has 0 unspecified atom stereocenters.